The van der Waals surface area contributed by atoms with Crippen LogP contribution in [0.1, 0.15) is 43.8 Å². The zero-order chi connectivity index (χ0) is 13.7. The van der Waals surface area contributed by atoms with Crippen molar-refractivity contribution in [3.8, 4) is 0 Å². The third kappa shape index (κ3) is 4.31. The minimum absolute atomic E-state index is 0.0337. The molecule has 6 nitrogen and oxygen atoms in total. The lowest BCUT2D eigenvalue weighted by Crippen LogP contribution is -2.36. The Kier molecular flexibility index (Phi) is 4.90. The van der Waals surface area contributed by atoms with Gasteiger partial charge < -0.3 is 14.9 Å². The third-order valence-electron chi connectivity index (χ3n) is 3.57. The highest BCUT2D eigenvalue weighted by Gasteiger charge is 2.23. The summed E-state index contributed by atoms with van der Waals surface area (Å²) in [4.78, 5) is 15.7. The highest BCUT2D eigenvalue weighted by Crippen LogP contribution is 2.23. The van der Waals surface area contributed by atoms with Gasteiger partial charge in [-0.2, -0.15) is 4.98 Å². The zero-order valence-corrected chi connectivity index (χ0v) is 11.3. The Morgan fingerprint density at radius 2 is 2.26 bits per heavy atom. The van der Waals surface area contributed by atoms with Gasteiger partial charge >= 0.3 is 0 Å². The number of carbonyl (C=O) groups excluding carboxylic acids is 1. The molecule has 6 heteroatoms. The van der Waals surface area contributed by atoms with Crippen molar-refractivity contribution in [2.24, 2.45) is 5.92 Å². The van der Waals surface area contributed by atoms with Crippen LogP contribution in [0.2, 0.25) is 0 Å². The van der Waals surface area contributed by atoms with E-state index < -0.39 is 0 Å². The summed E-state index contributed by atoms with van der Waals surface area (Å²) in [5, 5.41) is 16.4. The highest BCUT2D eigenvalue weighted by molar-refractivity contribution is 5.76. The Balaban J connectivity index is 1.66. The molecule has 1 aliphatic rings. The predicted octanol–water partition coefficient (Wildman–Crippen LogP) is 0.978. The van der Waals surface area contributed by atoms with Gasteiger partial charge in [0.25, 0.3) is 0 Å². The molecule has 2 unspecified atom stereocenters. The van der Waals surface area contributed by atoms with E-state index in [9.17, 15) is 9.90 Å². The normalized spacial score (nSPS) is 23.3. The monoisotopic (exact) mass is 267 g/mol. The molecule has 1 fully saturated rings. The SMILES string of the molecule is Cc1noc(CCC(=O)NCC2CCCCC2O)n1. The van der Waals surface area contributed by atoms with Gasteiger partial charge in [0.2, 0.25) is 11.8 Å². The van der Waals surface area contributed by atoms with Gasteiger partial charge in [-0.3, -0.25) is 4.79 Å². The number of rotatable bonds is 5. The van der Waals surface area contributed by atoms with Gasteiger partial charge in [-0.05, 0) is 19.8 Å². The number of carbonyl (C=O) groups is 1. The van der Waals surface area contributed by atoms with Crippen LogP contribution in [0.15, 0.2) is 4.52 Å². The van der Waals surface area contributed by atoms with Crippen molar-refractivity contribution in [1.82, 2.24) is 15.5 Å². The first kappa shape index (κ1) is 14.0. The van der Waals surface area contributed by atoms with Crippen LogP contribution in [0.4, 0.5) is 0 Å². The van der Waals surface area contributed by atoms with E-state index in [1.54, 1.807) is 6.92 Å². The number of aromatic nitrogens is 2. The van der Waals surface area contributed by atoms with Crippen molar-refractivity contribution in [2.75, 3.05) is 6.54 Å². The Morgan fingerprint density at radius 3 is 2.95 bits per heavy atom. The number of hydrogen-bond donors (Lipinski definition) is 2. The maximum atomic E-state index is 11.7. The predicted molar refractivity (Wildman–Crippen MR) is 68.3 cm³/mol. The van der Waals surface area contributed by atoms with E-state index in [4.69, 9.17) is 4.52 Å². The molecule has 1 aliphatic carbocycles. The van der Waals surface area contributed by atoms with Crippen LogP contribution in [0, 0.1) is 12.8 Å². The topological polar surface area (TPSA) is 88.2 Å². The summed E-state index contributed by atoms with van der Waals surface area (Å²) >= 11 is 0. The lowest BCUT2D eigenvalue weighted by atomic mass is 9.86. The number of amides is 1. The summed E-state index contributed by atoms with van der Waals surface area (Å²) in [5.74, 6) is 1.24. The number of aliphatic hydroxyl groups is 1. The van der Waals surface area contributed by atoms with Crippen molar-refractivity contribution in [3.63, 3.8) is 0 Å². The fourth-order valence-corrected chi connectivity index (χ4v) is 2.42. The number of nitrogens with zero attached hydrogens (tertiary/aromatic N) is 2. The van der Waals surface area contributed by atoms with Crippen molar-refractivity contribution < 1.29 is 14.4 Å². The van der Waals surface area contributed by atoms with Crippen molar-refractivity contribution in [1.29, 1.82) is 0 Å². The summed E-state index contributed by atoms with van der Waals surface area (Å²) < 4.78 is 4.95. The average molecular weight is 267 g/mol. The first-order valence-corrected chi connectivity index (χ1v) is 6.89. The van der Waals surface area contributed by atoms with Crippen LogP contribution >= 0.6 is 0 Å². The second-order valence-corrected chi connectivity index (χ2v) is 5.15. The summed E-state index contributed by atoms with van der Waals surface area (Å²) in [6.45, 7) is 2.31. The molecule has 2 N–H and O–H groups in total. The van der Waals surface area contributed by atoms with E-state index in [0.29, 0.717) is 31.1 Å². The number of nitrogens with one attached hydrogen (secondary N) is 1. The molecule has 1 heterocycles. The van der Waals surface area contributed by atoms with Crippen molar-refractivity contribution >= 4 is 5.91 Å². The van der Waals surface area contributed by atoms with Crippen LogP contribution in [-0.2, 0) is 11.2 Å². The van der Waals surface area contributed by atoms with Crippen molar-refractivity contribution in [2.45, 2.75) is 51.6 Å². The molecule has 19 heavy (non-hydrogen) atoms. The van der Waals surface area contributed by atoms with Gasteiger partial charge in [0.1, 0.15) is 0 Å². The molecule has 1 aromatic heterocycles. The fraction of sp³-hybridized carbons (Fsp3) is 0.769. The van der Waals surface area contributed by atoms with Crippen LogP contribution in [0.25, 0.3) is 0 Å². The standard InChI is InChI=1S/C13H21N3O3/c1-9-15-13(19-16-9)7-6-12(18)14-8-10-4-2-3-5-11(10)17/h10-11,17H,2-8H2,1H3,(H,14,18). The van der Waals surface area contributed by atoms with Crippen LogP contribution in [0.3, 0.4) is 0 Å². The molecule has 0 radical (unpaired) electrons. The van der Waals surface area contributed by atoms with E-state index in [0.717, 1.165) is 25.7 Å². The smallest absolute Gasteiger partial charge is 0.227 e. The molecule has 106 valence electrons. The summed E-state index contributed by atoms with van der Waals surface area (Å²) in [5.41, 5.74) is 0. The molecule has 1 saturated carbocycles. The van der Waals surface area contributed by atoms with E-state index in [1.165, 1.54) is 0 Å². The summed E-state index contributed by atoms with van der Waals surface area (Å²) in [6, 6.07) is 0. The molecule has 0 aliphatic heterocycles. The first-order chi connectivity index (χ1) is 9.15. The second-order valence-electron chi connectivity index (χ2n) is 5.15. The average Bonchev–Trinajstić information content (AvgIpc) is 2.81. The van der Waals surface area contributed by atoms with Gasteiger partial charge in [0.05, 0.1) is 6.10 Å². The molecule has 2 rings (SSSR count). The van der Waals surface area contributed by atoms with Gasteiger partial charge in [-0.1, -0.05) is 18.0 Å². The van der Waals surface area contributed by atoms with E-state index in [-0.39, 0.29) is 17.9 Å². The van der Waals surface area contributed by atoms with Crippen LogP contribution < -0.4 is 5.32 Å². The van der Waals surface area contributed by atoms with E-state index >= 15 is 0 Å². The minimum atomic E-state index is -0.271. The molecular weight excluding hydrogens is 246 g/mol. The van der Waals surface area contributed by atoms with Crippen LogP contribution in [-0.4, -0.2) is 33.8 Å². The maximum Gasteiger partial charge on any atom is 0.227 e. The summed E-state index contributed by atoms with van der Waals surface area (Å²) in [6.07, 6.45) is 4.59. The Bertz CT molecular complexity index is 419. The maximum absolute atomic E-state index is 11.7. The van der Waals surface area contributed by atoms with Gasteiger partial charge in [-0.25, -0.2) is 0 Å². The minimum Gasteiger partial charge on any atom is -0.393 e. The number of aliphatic hydroxyl groups excluding tert-OH is 1. The summed E-state index contributed by atoms with van der Waals surface area (Å²) in [7, 11) is 0. The van der Waals surface area contributed by atoms with Crippen LogP contribution in [0.5, 0.6) is 0 Å². The van der Waals surface area contributed by atoms with E-state index in [2.05, 4.69) is 15.5 Å². The van der Waals surface area contributed by atoms with Gasteiger partial charge in [-0.15, -0.1) is 0 Å². The lowest BCUT2D eigenvalue weighted by Gasteiger charge is -2.27. The fourth-order valence-electron chi connectivity index (χ4n) is 2.42. The largest absolute Gasteiger partial charge is 0.393 e. The molecule has 1 aromatic rings. The highest BCUT2D eigenvalue weighted by atomic mass is 16.5. The molecule has 0 bridgehead atoms. The first-order valence-electron chi connectivity index (χ1n) is 6.89. The second kappa shape index (κ2) is 6.65. The number of aryl methyl sites for hydroxylation is 2. The van der Waals surface area contributed by atoms with Gasteiger partial charge in [0.15, 0.2) is 5.82 Å². The van der Waals surface area contributed by atoms with Crippen molar-refractivity contribution in [3.05, 3.63) is 11.7 Å². The molecule has 0 aromatic carbocycles. The quantitative estimate of drug-likeness (QED) is 0.830. The Morgan fingerprint density at radius 1 is 1.47 bits per heavy atom. The molecule has 0 spiro atoms. The Hall–Kier alpha value is -1.43. The van der Waals surface area contributed by atoms with Gasteiger partial charge in [0, 0.05) is 25.3 Å². The molecule has 0 saturated heterocycles. The van der Waals surface area contributed by atoms with E-state index in [1.807, 2.05) is 0 Å². The zero-order valence-electron chi connectivity index (χ0n) is 11.3. The third-order valence-corrected chi connectivity index (χ3v) is 3.57. The molecule has 1 amide bonds. The molecule has 2 atom stereocenters. The Labute approximate surface area is 112 Å². The number of hydrogen-bond acceptors (Lipinski definition) is 5. The molecular formula is C13H21N3O3. The lowest BCUT2D eigenvalue weighted by molar-refractivity contribution is -0.121.